The van der Waals surface area contributed by atoms with Crippen LogP contribution in [-0.4, -0.2) is 24.6 Å². The summed E-state index contributed by atoms with van der Waals surface area (Å²) >= 11 is 0. The first-order valence-corrected chi connectivity index (χ1v) is 6.57. The summed E-state index contributed by atoms with van der Waals surface area (Å²) in [6.45, 7) is 8.57. The van der Waals surface area contributed by atoms with Crippen LogP contribution in [0.4, 0.5) is 5.82 Å². The Morgan fingerprint density at radius 3 is 2.65 bits per heavy atom. The molecule has 0 fully saturated rings. The van der Waals surface area contributed by atoms with Crippen molar-refractivity contribution in [2.75, 3.05) is 18.5 Å². The van der Waals surface area contributed by atoms with Crippen molar-refractivity contribution in [3.05, 3.63) is 23.9 Å². The summed E-state index contributed by atoms with van der Waals surface area (Å²) in [5.74, 6) is 1.05. The van der Waals surface area contributed by atoms with Gasteiger partial charge in [0, 0.05) is 25.8 Å². The van der Waals surface area contributed by atoms with Crippen molar-refractivity contribution in [3.63, 3.8) is 0 Å². The van der Waals surface area contributed by atoms with Gasteiger partial charge in [0.25, 0.3) is 0 Å². The van der Waals surface area contributed by atoms with Crippen LogP contribution in [0.3, 0.4) is 0 Å². The molecular formula is C14H25N3. The number of nitrogens with one attached hydrogen (secondary N) is 1. The molecule has 1 unspecified atom stereocenters. The van der Waals surface area contributed by atoms with Gasteiger partial charge in [0.1, 0.15) is 5.82 Å². The van der Waals surface area contributed by atoms with Crippen LogP contribution in [0.25, 0.3) is 0 Å². The number of hydrogen-bond acceptors (Lipinski definition) is 3. The Morgan fingerprint density at radius 2 is 2.12 bits per heavy atom. The molecular weight excluding hydrogens is 210 g/mol. The molecule has 0 amide bonds. The minimum absolute atomic E-state index is 0.534. The summed E-state index contributed by atoms with van der Waals surface area (Å²) in [6.07, 6.45) is 4.27. The highest BCUT2D eigenvalue weighted by Gasteiger charge is 2.08. The molecule has 1 atom stereocenters. The maximum atomic E-state index is 4.51. The number of pyridine rings is 1. The average Bonchev–Trinajstić information content (AvgIpc) is 2.38. The molecule has 0 radical (unpaired) electrons. The van der Waals surface area contributed by atoms with Crippen LogP contribution in [0.1, 0.15) is 39.2 Å². The molecule has 1 N–H and O–H groups in total. The molecule has 3 nitrogen and oxygen atoms in total. The van der Waals surface area contributed by atoms with Crippen LogP contribution in [0.2, 0.25) is 0 Å². The topological polar surface area (TPSA) is 28.2 Å². The second-order valence-electron chi connectivity index (χ2n) is 4.57. The largest absolute Gasteiger partial charge is 0.357 e. The number of aromatic nitrogens is 1. The zero-order chi connectivity index (χ0) is 12.7. The van der Waals surface area contributed by atoms with E-state index in [0.29, 0.717) is 6.04 Å². The first-order chi connectivity index (χ1) is 8.19. The Balaban J connectivity index is 2.55. The van der Waals surface area contributed by atoms with Gasteiger partial charge in [-0.3, -0.25) is 0 Å². The zero-order valence-electron chi connectivity index (χ0n) is 11.5. The third-order valence-electron chi connectivity index (χ3n) is 3.18. The van der Waals surface area contributed by atoms with Gasteiger partial charge >= 0.3 is 0 Å². The minimum atomic E-state index is 0.534. The standard InChI is InChI=1S/C14H25N3/c1-5-9-15-10-13-7-8-14(16-11-13)17(4)12(3)6-2/h7-8,11-12,15H,5-6,9-10H2,1-4H3. The first kappa shape index (κ1) is 14.0. The third-order valence-corrected chi connectivity index (χ3v) is 3.18. The number of anilines is 1. The normalized spacial score (nSPS) is 12.5. The lowest BCUT2D eigenvalue weighted by atomic mass is 10.2. The van der Waals surface area contributed by atoms with E-state index in [1.807, 2.05) is 6.20 Å². The SMILES string of the molecule is CCCNCc1ccc(N(C)C(C)CC)nc1. The monoisotopic (exact) mass is 235 g/mol. The molecule has 0 aliphatic carbocycles. The Morgan fingerprint density at radius 1 is 1.35 bits per heavy atom. The van der Waals surface area contributed by atoms with Crippen molar-refractivity contribution < 1.29 is 0 Å². The molecule has 0 bridgehead atoms. The van der Waals surface area contributed by atoms with E-state index in [9.17, 15) is 0 Å². The highest BCUT2D eigenvalue weighted by atomic mass is 15.2. The summed E-state index contributed by atoms with van der Waals surface area (Å²) in [6, 6.07) is 4.80. The Kier molecular flexibility index (Phi) is 5.98. The van der Waals surface area contributed by atoms with Crippen molar-refractivity contribution in [2.45, 2.75) is 46.2 Å². The van der Waals surface area contributed by atoms with Gasteiger partial charge < -0.3 is 10.2 Å². The van der Waals surface area contributed by atoms with Crippen LogP contribution in [0, 0.1) is 0 Å². The van der Waals surface area contributed by atoms with Crippen molar-refractivity contribution in [1.82, 2.24) is 10.3 Å². The van der Waals surface area contributed by atoms with Crippen LogP contribution < -0.4 is 10.2 Å². The third kappa shape index (κ3) is 4.35. The Labute approximate surface area is 105 Å². The molecule has 0 aromatic carbocycles. The van der Waals surface area contributed by atoms with Gasteiger partial charge in [-0.25, -0.2) is 4.98 Å². The van der Waals surface area contributed by atoms with E-state index in [-0.39, 0.29) is 0 Å². The van der Waals surface area contributed by atoms with E-state index < -0.39 is 0 Å². The van der Waals surface area contributed by atoms with Gasteiger partial charge in [0.2, 0.25) is 0 Å². The van der Waals surface area contributed by atoms with Crippen molar-refractivity contribution in [2.24, 2.45) is 0 Å². The fourth-order valence-corrected chi connectivity index (χ4v) is 1.64. The number of nitrogens with zero attached hydrogens (tertiary/aromatic N) is 2. The molecule has 0 saturated heterocycles. The Hall–Kier alpha value is -1.09. The molecule has 0 aliphatic heterocycles. The van der Waals surface area contributed by atoms with Crippen molar-refractivity contribution in [1.29, 1.82) is 0 Å². The quantitative estimate of drug-likeness (QED) is 0.737. The predicted molar refractivity (Wildman–Crippen MR) is 74.4 cm³/mol. The summed E-state index contributed by atoms with van der Waals surface area (Å²) in [4.78, 5) is 6.74. The summed E-state index contributed by atoms with van der Waals surface area (Å²) < 4.78 is 0. The molecule has 1 heterocycles. The van der Waals surface area contributed by atoms with Crippen LogP contribution in [0.15, 0.2) is 18.3 Å². The second-order valence-corrected chi connectivity index (χ2v) is 4.57. The highest BCUT2D eigenvalue weighted by Crippen LogP contribution is 2.13. The minimum Gasteiger partial charge on any atom is -0.357 e. The van der Waals surface area contributed by atoms with E-state index in [1.54, 1.807) is 0 Å². The summed E-state index contributed by atoms with van der Waals surface area (Å²) in [5, 5.41) is 3.38. The highest BCUT2D eigenvalue weighted by molar-refractivity contribution is 5.39. The summed E-state index contributed by atoms with van der Waals surface area (Å²) in [5.41, 5.74) is 1.25. The van der Waals surface area contributed by atoms with Gasteiger partial charge in [0.05, 0.1) is 0 Å². The van der Waals surface area contributed by atoms with Crippen LogP contribution in [0.5, 0.6) is 0 Å². The van der Waals surface area contributed by atoms with E-state index in [1.165, 1.54) is 12.0 Å². The van der Waals surface area contributed by atoms with Crippen molar-refractivity contribution in [3.8, 4) is 0 Å². The molecule has 1 aromatic heterocycles. The zero-order valence-corrected chi connectivity index (χ0v) is 11.5. The summed E-state index contributed by atoms with van der Waals surface area (Å²) in [7, 11) is 2.10. The van der Waals surface area contributed by atoms with E-state index in [2.05, 4.69) is 55.2 Å². The maximum absolute atomic E-state index is 4.51. The van der Waals surface area contributed by atoms with Gasteiger partial charge in [-0.1, -0.05) is 19.9 Å². The molecule has 1 aromatic rings. The van der Waals surface area contributed by atoms with Crippen LogP contribution >= 0.6 is 0 Å². The molecule has 3 heteroatoms. The Bertz CT molecular complexity index is 308. The van der Waals surface area contributed by atoms with Gasteiger partial charge in [-0.15, -0.1) is 0 Å². The average molecular weight is 235 g/mol. The van der Waals surface area contributed by atoms with Gasteiger partial charge in [-0.2, -0.15) is 0 Å². The van der Waals surface area contributed by atoms with Gasteiger partial charge in [-0.05, 0) is 37.9 Å². The van der Waals surface area contributed by atoms with E-state index in [4.69, 9.17) is 0 Å². The smallest absolute Gasteiger partial charge is 0.128 e. The van der Waals surface area contributed by atoms with Crippen molar-refractivity contribution >= 4 is 5.82 Å². The fourth-order valence-electron chi connectivity index (χ4n) is 1.64. The first-order valence-electron chi connectivity index (χ1n) is 6.57. The predicted octanol–water partition coefficient (Wildman–Crippen LogP) is 2.82. The van der Waals surface area contributed by atoms with Gasteiger partial charge in [0.15, 0.2) is 0 Å². The van der Waals surface area contributed by atoms with Crippen LogP contribution in [-0.2, 0) is 6.54 Å². The second kappa shape index (κ2) is 7.28. The molecule has 0 saturated carbocycles. The van der Waals surface area contributed by atoms with E-state index in [0.717, 1.165) is 25.3 Å². The molecule has 96 valence electrons. The molecule has 17 heavy (non-hydrogen) atoms. The lowest BCUT2D eigenvalue weighted by Crippen LogP contribution is -2.28. The van der Waals surface area contributed by atoms with E-state index >= 15 is 0 Å². The number of rotatable bonds is 7. The maximum Gasteiger partial charge on any atom is 0.128 e. The molecule has 0 spiro atoms. The molecule has 1 rings (SSSR count). The lowest BCUT2D eigenvalue weighted by molar-refractivity contribution is 0.654. The lowest BCUT2D eigenvalue weighted by Gasteiger charge is -2.24. The fraction of sp³-hybridized carbons (Fsp3) is 0.643. The number of hydrogen-bond donors (Lipinski definition) is 1. The molecule has 0 aliphatic rings.